The van der Waals surface area contributed by atoms with Gasteiger partial charge in [0.2, 0.25) is 0 Å². The summed E-state index contributed by atoms with van der Waals surface area (Å²) in [5.41, 5.74) is 0. The third kappa shape index (κ3) is 3.78. The van der Waals surface area contributed by atoms with Crippen LogP contribution < -0.4 is 10.1 Å². The third-order valence-electron chi connectivity index (χ3n) is 2.45. The van der Waals surface area contributed by atoms with E-state index in [-0.39, 0.29) is 0 Å². The van der Waals surface area contributed by atoms with E-state index in [0.29, 0.717) is 6.04 Å². The molecule has 0 radical (unpaired) electrons. The summed E-state index contributed by atoms with van der Waals surface area (Å²) in [6.07, 6.45) is 5.24. The van der Waals surface area contributed by atoms with Crippen molar-refractivity contribution in [3.63, 3.8) is 0 Å². The standard InChI is InChI=1S/C12H20N2O/c1-4-6-10(5-2)14-12-8-7-11(15-3)9-13-12/h7-10H,4-6H2,1-3H3,(H,13,14). The van der Waals surface area contributed by atoms with E-state index in [0.717, 1.165) is 18.0 Å². The van der Waals surface area contributed by atoms with Gasteiger partial charge in [-0.15, -0.1) is 0 Å². The first-order valence-corrected chi connectivity index (χ1v) is 5.56. The summed E-state index contributed by atoms with van der Waals surface area (Å²) in [6.45, 7) is 4.39. The summed E-state index contributed by atoms with van der Waals surface area (Å²) >= 11 is 0. The van der Waals surface area contributed by atoms with Crippen LogP contribution in [0.5, 0.6) is 5.75 Å². The maximum absolute atomic E-state index is 5.06. The number of aromatic nitrogens is 1. The third-order valence-corrected chi connectivity index (χ3v) is 2.45. The number of ether oxygens (including phenoxy) is 1. The smallest absolute Gasteiger partial charge is 0.137 e. The van der Waals surface area contributed by atoms with Crippen LogP contribution in [0.15, 0.2) is 18.3 Å². The number of anilines is 1. The minimum absolute atomic E-state index is 0.524. The van der Waals surface area contributed by atoms with Crippen molar-refractivity contribution in [3.8, 4) is 5.75 Å². The Balaban J connectivity index is 2.55. The van der Waals surface area contributed by atoms with Crippen LogP contribution in [0.4, 0.5) is 5.82 Å². The summed E-state index contributed by atoms with van der Waals surface area (Å²) in [5, 5.41) is 3.41. The van der Waals surface area contributed by atoms with Gasteiger partial charge in [-0.2, -0.15) is 0 Å². The molecule has 1 atom stereocenters. The second-order valence-electron chi connectivity index (χ2n) is 3.62. The quantitative estimate of drug-likeness (QED) is 0.780. The summed E-state index contributed by atoms with van der Waals surface area (Å²) in [4.78, 5) is 4.28. The fraction of sp³-hybridized carbons (Fsp3) is 0.583. The van der Waals surface area contributed by atoms with Gasteiger partial charge in [0.05, 0.1) is 13.3 Å². The zero-order valence-electron chi connectivity index (χ0n) is 9.79. The zero-order valence-corrected chi connectivity index (χ0v) is 9.79. The monoisotopic (exact) mass is 208 g/mol. The molecule has 15 heavy (non-hydrogen) atoms. The number of hydrogen-bond donors (Lipinski definition) is 1. The highest BCUT2D eigenvalue weighted by molar-refractivity contribution is 5.38. The van der Waals surface area contributed by atoms with E-state index in [2.05, 4.69) is 24.1 Å². The molecular weight excluding hydrogens is 188 g/mol. The second-order valence-corrected chi connectivity index (χ2v) is 3.62. The summed E-state index contributed by atoms with van der Waals surface area (Å²) in [7, 11) is 1.65. The SMILES string of the molecule is CCCC(CC)Nc1ccc(OC)cn1. The molecule has 3 nitrogen and oxygen atoms in total. The number of nitrogens with one attached hydrogen (secondary N) is 1. The van der Waals surface area contributed by atoms with Crippen LogP contribution in [-0.4, -0.2) is 18.1 Å². The fourth-order valence-corrected chi connectivity index (χ4v) is 1.52. The lowest BCUT2D eigenvalue weighted by Crippen LogP contribution is -2.18. The Labute approximate surface area is 91.9 Å². The molecule has 1 rings (SSSR count). The first kappa shape index (κ1) is 11.8. The first-order valence-electron chi connectivity index (χ1n) is 5.56. The molecule has 1 aromatic heterocycles. The molecule has 3 heteroatoms. The molecule has 0 bridgehead atoms. The molecule has 0 aromatic carbocycles. The van der Waals surface area contributed by atoms with E-state index in [1.54, 1.807) is 13.3 Å². The predicted molar refractivity (Wildman–Crippen MR) is 63.4 cm³/mol. The predicted octanol–water partition coefficient (Wildman–Crippen LogP) is 3.08. The molecule has 0 aliphatic heterocycles. The van der Waals surface area contributed by atoms with Gasteiger partial charge in [-0.05, 0) is 25.0 Å². The average Bonchev–Trinajstić information content (AvgIpc) is 2.29. The van der Waals surface area contributed by atoms with E-state index >= 15 is 0 Å². The van der Waals surface area contributed by atoms with Gasteiger partial charge in [0.15, 0.2) is 0 Å². The normalized spacial score (nSPS) is 12.2. The van der Waals surface area contributed by atoms with E-state index in [1.165, 1.54) is 12.8 Å². The molecule has 0 amide bonds. The molecule has 0 spiro atoms. The van der Waals surface area contributed by atoms with E-state index in [4.69, 9.17) is 4.74 Å². The summed E-state index contributed by atoms with van der Waals surface area (Å²) in [5.74, 6) is 1.72. The molecule has 0 saturated heterocycles. The van der Waals surface area contributed by atoms with Crippen molar-refractivity contribution >= 4 is 5.82 Å². The van der Waals surface area contributed by atoms with Crippen LogP contribution in [0.25, 0.3) is 0 Å². The lowest BCUT2D eigenvalue weighted by Gasteiger charge is -2.16. The summed E-state index contributed by atoms with van der Waals surface area (Å²) in [6, 6.07) is 4.40. The maximum atomic E-state index is 5.06. The molecule has 84 valence electrons. The van der Waals surface area contributed by atoms with Gasteiger partial charge in [0.1, 0.15) is 11.6 Å². The largest absolute Gasteiger partial charge is 0.495 e. The van der Waals surface area contributed by atoms with Crippen molar-refractivity contribution < 1.29 is 4.74 Å². The van der Waals surface area contributed by atoms with Crippen molar-refractivity contribution in [2.75, 3.05) is 12.4 Å². The lowest BCUT2D eigenvalue weighted by molar-refractivity contribution is 0.413. The van der Waals surface area contributed by atoms with E-state index in [1.807, 2.05) is 12.1 Å². The molecule has 0 aliphatic rings. The van der Waals surface area contributed by atoms with Gasteiger partial charge < -0.3 is 10.1 Å². The zero-order chi connectivity index (χ0) is 11.1. The second kappa shape index (κ2) is 6.27. The topological polar surface area (TPSA) is 34.1 Å². The average molecular weight is 208 g/mol. The van der Waals surface area contributed by atoms with Crippen LogP contribution in [-0.2, 0) is 0 Å². The highest BCUT2D eigenvalue weighted by atomic mass is 16.5. The molecule has 1 unspecified atom stereocenters. The Morgan fingerprint density at radius 1 is 1.40 bits per heavy atom. The number of pyridine rings is 1. The minimum atomic E-state index is 0.524. The van der Waals surface area contributed by atoms with Crippen molar-refractivity contribution in [2.45, 2.75) is 39.2 Å². The van der Waals surface area contributed by atoms with Crippen LogP contribution in [0.1, 0.15) is 33.1 Å². The molecule has 0 aliphatic carbocycles. The maximum Gasteiger partial charge on any atom is 0.137 e. The molecule has 0 saturated carbocycles. The number of nitrogens with zero attached hydrogens (tertiary/aromatic N) is 1. The Hall–Kier alpha value is -1.25. The van der Waals surface area contributed by atoms with Gasteiger partial charge in [0.25, 0.3) is 0 Å². The molecule has 0 fully saturated rings. The van der Waals surface area contributed by atoms with Gasteiger partial charge in [-0.25, -0.2) is 4.98 Å². The van der Waals surface area contributed by atoms with Crippen LogP contribution >= 0.6 is 0 Å². The fourth-order valence-electron chi connectivity index (χ4n) is 1.52. The lowest BCUT2D eigenvalue weighted by atomic mass is 10.1. The van der Waals surface area contributed by atoms with Crippen molar-refractivity contribution in [2.24, 2.45) is 0 Å². The Bertz CT molecular complexity index is 271. The first-order chi connectivity index (χ1) is 7.30. The van der Waals surface area contributed by atoms with Gasteiger partial charge in [-0.1, -0.05) is 20.3 Å². The van der Waals surface area contributed by atoms with Crippen molar-refractivity contribution in [3.05, 3.63) is 18.3 Å². The van der Waals surface area contributed by atoms with Gasteiger partial charge in [-0.3, -0.25) is 0 Å². The number of hydrogen-bond acceptors (Lipinski definition) is 3. The number of rotatable bonds is 6. The van der Waals surface area contributed by atoms with Gasteiger partial charge >= 0.3 is 0 Å². The Kier molecular flexibility index (Phi) is 4.95. The highest BCUT2D eigenvalue weighted by Crippen LogP contribution is 2.14. The molecule has 1 aromatic rings. The molecular formula is C12H20N2O. The van der Waals surface area contributed by atoms with Crippen LogP contribution in [0, 0.1) is 0 Å². The molecule has 1 N–H and O–H groups in total. The Morgan fingerprint density at radius 2 is 2.20 bits per heavy atom. The van der Waals surface area contributed by atoms with Crippen LogP contribution in [0.3, 0.4) is 0 Å². The van der Waals surface area contributed by atoms with E-state index < -0.39 is 0 Å². The summed E-state index contributed by atoms with van der Waals surface area (Å²) < 4.78 is 5.06. The van der Waals surface area contributed by atoms with Crippen molar-refractivity contribution in [1.82, 2.24) is 4.98 Å². The molecule has 1 heterocycles. The van der Waals surface area contributed by atoms with E-state index in [9.17, 15) is 0 Å². The Morgan fingerprint density at radius 3 is 2.67 bits per heavy atom. The highest BCUT2D eigenvalue weighted by Gasteiger charge is 2.05. The van der Waals surface area contributed by atoms with Crippen LogP contribution in [0.2, 0.25) is 0 Å². The van der Waals surface area contributed by atoms with Crippen molar-refractivity contribution in [1.29, 1.82) is 0 Å². The number of methoxy groups -OCH3 is 1. The van der Waals surface area contributed by atoms with Gasteiger partial charge in [0, 0.05) is 6.04 Å². The minimum Gasteiger partial charge on any atom is -0.495 e.